The molecular weight excluding hydrogens is 426 g/mol. The van der Waals surface area contributed by atoms with E-state index in [-0.39, 0.29) is 16.1 Å². The summed E-state index contributed by atoms with van der Waals surface area (Å²) < 4.78 is 28.3. The van der Waals surface area contributed by atoms with Gasteiger partial charge in [-0.05, 0) is 61.3 Å². The Balaban J connectivity index is 1.52. The zero-order chi connectivity index (χ0) is 22.7. The summed E-state index contributed by atoms with van der Waals surface area (Å²) in [5.41, 5.74) is 1.33. The lowest BCUT2D eigenvalue weighted by atomic mass is 9.84. The van der Waals surface area contributed by atoms with Crippen LogP contribution in [0.4, 0.5) is 11.5 Å². The third-order valence-electron chi connectivity index (χ3n) is 6.70. The van der Waals surface area contributed by atoms with Crippen molar-refractivity contribution in [3.63, 3.8) is 0 Å². The highest BCUT2D eigenvalue weighted by atomic mass is 32.2. The lowest BCUT2D eigenvalue weighted by Gasteiger charge is -2.32. The Kier molecular flexibility index (Phi) is 6.69. The molecule has 0 atom stereocenters. The van der Waals surface area contributed by atoms with Crippen LogP contribution in [-0.2, 0) is 10.0 Å². The predicted octanol–water partition coefficient (Wildman–Crippen LogP) is 4.86. The third kappa shape index (κ3) is 5.06. The summed E-state index contributed by atoms with van der Waals surface area (Å²) >= 11 is 0. The molecule has 0 radical (unpaired) electrons. The number of benzene rings is 1. The Hall–Kier alpha value is -2.61. The van der Waals surface area contributed by atoms with Gasteiger partial charge in [0.15, 0.2) is 0 Å². The van der Waals surface area contributed by atoms with Crippen LogP contribution in [0.3, 0.4) is 0 Å². The van der Waals surface area contributed by atoms with Crippen LogP contribution in [0, 0.1) is 5.92 Å². The monoisotopic (exact) mass is 457 g/mol. The lowest BCUT2D eigenvalue weighted by Crippen LogP contribution is -2.34. The number of aromatic carboxylic acids is 1. The number of hydrogen-bond donors (Lipinski definition) is 2. The number of anilines is 2. The summed E-state index contributed by atoms with van der Waals surface area (Å²) in [6.45, 7) is 3.67. The van der Waals surface area contributed by atoms with E-state index in [1.807, 2.05) is 17.0 Å². The molecule has 2 aromatic rings. The van der Waals surface area contributed by atoms with Crippen molar-refractivity contribution in [2.75, 3.05) is 22.7 Å². The predicted molar refractivity (Wildman–Crippen MR) is 125 cm³/mol. The van der Waals surface area contributed by atoms with Gasteiger partial charge in [-0.1, -0.05) is 38.3 Å². The molecule has 0 unspecified atom stereocenters. The highest BCUT2D eigenvalue weighted by Gasteiger charge is 2.24. The standard InChI is InChI=1S/C24H31N3O4S/c1-17-11-13-27(14-12-17)23-22(24(28)29)15-20(16-25-23)26-32(30,31)21-9-7-19(8-10-21)18-5-3-2-4-6-18/h7-10,15-18,26H,2-6,11-14H2,1H3,(H,28,29). The van der Waals surface area contributed by atoms with E-state index in [1.165, 1.54) is 37.1 Å². The second kappa shape index (κ2) is 9.48. The smallest absolute Gasteiger partial charge is 0.339 e. The first-order valence-electron chi connectivity index (χ1n) is 11.4. The molecule has 8 heteroatoms. The SMILES string of the molecule is CC1CCN(c2ncc(NS(=O)(=O)c3ccc(C4CCCCC4)cc3)cc2C(=O)O)CC1. The van der Waals surface area contributed by atoms with Gasteiger partial charge >= 0.3 is 5.97 Å². The van der Waals surface area contributed by atoms with Crippen molar-refractivity contribution in [1.82, 2.24) is 4.98 Å². The molecule has 172 valence electrons. The van der Waals surface area contributed by atoms with Crippen molar-refractivity contribution in [2.45, 2.75) is 62.7 Å². The van der Waals surface area contributed by atoms with Crippen LogP contribution in [-0.4, -0.2) is 37.6 Å². The number of aromatic nitrogens is 1. The number of nitrogens with one attached hydrogen (secondary N) is 1. The molecule has 4 rings (SSSR count). The maximum absolute atomic E-state index is 12.9. The molecule has 1 saturated heterocycles. The second-order valence-electron chi connectivity index (χ2n) is 9.08. The molecule has 1 aliphatic carbocycles. The van der Waals surface area contributed by atoms with Crippen molar-refractivity contribution >= 4 is 27.5 Å². The molecule has 0 spiro atoms. The van der Waals surface area contributed by atoms with Gasteiger partial charge in [-0.25, -0.2) is 18.2 Å². The molecule has 2 heterocycles. The van der Waals surface area contributed by atoms with E-state index in [1.54, 1.807) is 12.1 Å². The first-order chi connectivity index (χ1) is 15.3. The van der Waals surface area contributed by atoms with Gasteiger partial charge in [-0.2, -0.15) is 0 Å². The number of carbonyl (C=O) groups is 1. The quantitative estimate of drug-likeness (QED) is 0.642. The van der Waals surface area contributed by atoms with Gasteiger partial charge in [-0.3, -0.25) is 4.72 Å². The minimum Gasteiger partial charge on any atom is -0.478 e. The topological polar surface area (TPSA) is 99.6 Å². The molecule has 1 aromatic heterocycles. The summed E-state index contributed by atoms with van der Waals surface area (Å²) in [5.74, 6) is 0.379. The van der Waals surface area contributed by atoms with E-state index in [2.05, 4.69) is 16.6 Å². The summed E-state index contributed by atoms with van der Waals surface area (Å²) in [6, 6.07) is 8.40. The van der Waals surface area contributed by atoms with Gasteiger partial charge < -0.3 is 10.0 Å². The molecule has 0 amide bonds. The summed E-state index contributed by atoms with van der Waals surface area (Å²) in [5, 5.41) is 9.70. The maximum atomic E-state index is 12.9. The van der Waals surface area contributed by atoms with Crippen molar-refractivity contribution in [1.29, 1.82) is 0 Å². The van der Waals surface area contributed by atoms with E-state index < -0.39 is 16.0 Å². The van der Waals surface area contributed by atoms with Crippen LogP contribution in [0.5, 0.6) is 0 Å². The first-order valence-corrected chi connectivity index (χ1v) is 12.9. The molecule has 1 saturated carbocycles. The van der Waals surface area contributed by atoms with Crippen LogP contribution in [0.15, 0.2) is 41.4 Å². The Morgan fingerprint density at radius 1 is 1.06 bits per heavy atom. The fourth-order valence-electron chi connectivity index (χ4n) is 4.71. The molecule has 2 aliphatic rings. The second-order valence-corrected chi connectivity index (χ2v) is 10.8. The Bertz CT molecular complexity index is 1060. The van der Waals surface area contributed by atoms with Gasteiger partial charge in [0.1, 0.15) is 11.4 Å². The minimum atomic E-state index is -3.84. The Labute approximate surface area is 189 Å². The fraction of sp³-hybridized carbons (Fsp3) is 0.500. The van der Waals surface area contributed by atoms with Gasteiger partial charge in [-0.15, -0.1) is 0 Å². The Morgan fingerprint density at radius 3 is 2.34 bits per heavy atom. The average Bonchev–Trinajstić information content (AvgIpc) is 2.80. The summed E-state index contributed by atoms with van der Waals surface area (Å²) in [4.78, 5) is 18.3. The summed E-state index contributed by atoms with van der Waals surface area (Å²) in [6.07, 6.45) is 9.36. The van der Waals surface area contributed by atoms with Crippen molar-refractivity contribution in [3.8, 4) is 0 Å². The molecular formula is C24H31N3O4S. The zero-order valence-corrected chi connectivity index (χ0v) is 19.3. The van der Waals surface area contributed by atoms with Crippen LogP contribution < -0.4 is 9.62 Å². The van der Waals surface area contributed by atoms with E-state index in [4.69, 9.17) is 0 Å². The van der Waals surface area contributed by atoms with Crippen molar-refractivity contribution in [2.24, 2.45) is 5.92 Å². The fourth-order valence-corrected chi connectivity index (χ4v) is 5.75. The molecule has 7 nitrogen and oxygen atoms in total. The third-order valence-corrected chi connectivity index (χ3v) is 8.10. The molecule has 1 aliphatic heterocycles. The highest BCUT2D eigenvalue weighted by molar-refractivity contribution is 7.92. The average molecular weight is 458 g/mol. The number of carboxylic acid groups (broad SMARTS) is 1. The van der Waals surface area contributed by atoms with E-state index >= 15 is 0 Å². The number of carboxylic acids is 1. The molecule has 2 fully saturated rings. The largest absolute Gasteiger partial charge is 0.478 e. The molecule has 2 N–H and O–H groups in total. The molecule has 0 bridgehead atoms. The first kappa shape index (κ1) is 22.6. The number of hydrogen-bond acceptors (Lipinski definition) is 5. The number of nitrogens with zero attached hydrogens (tertiary/aromatic N) is 2. The summed E-state index contributed by atoms with van der Waals surface area (Å²) in [7, 11) is -3.84. The normalized spacial score (nSPS) is 18.5. The van der Waals surface area contributed by atoms with Gasteiger partial charge in [0.2, 0.25) is 0 Å². The minimum absolute atomic E-state index is 0.00685. The van der Waals surface area contributed by atoms with Crippen molar-refractivity contribution < 1.29 is 18.3 Å². The van der Waals surface area contributed by atoms with Gasteiger partial charge in [0.25, 0.3) is 10.0 Å². The van der Waals surface area contributed by atoms with Gasteiger partial charge in [0.05, 0.1) is 16.8 Å². The van der Waals surface area contributed by atoms with E-state index in [0.717, 1.165) is 38.8 Å². The van der Waals surface area contributed by atoms with E-state index in [0.29, 0.717) is 17.7 Å². The van der Waals surface area contributed by atoms with Gasteiger partial charge in [0, 0.05) is 13.1 Å². The van der Waals surface area contributed by atoms with Crippen LogP contribution in [0.2, 0.25) is 0 Å². The van der Waals surface area contributed by atoms with Crippen molar-refractivity contribution in [3.05, 3.63) is 47.7 Å². The molecule has 1 aromatic carbocycles. The maximum Gasteiger partial charge on any atom is 0.339 e. The number of rotatable bonds is 6. The van der Waals surface area contributed by atoms with Crippen LogP contribution in [0.1, 0.15) is 73.7 Å². The zero-order valence-electron chi connectivity index (χ0n) is 18.5. The van der Waals surface area contributed by atoms with Crippen LogP contribution >= 0.6 is 0 Å². The number of piperidine rings is 1. The van der Waals surface area contributed by atoms with Crippen LogP contribution in [0.25, 0.3) is 0 Å². The lowest BCUT2D eigenvalue weighted by molar-refractivity contribution is 0.0697. The molecule has 32 heavy (non-hydrogen) atoms. The highest BCUT2D eigenvalue weighted by Crippen LogP contribution is 2.33. The Morgan fingerprint density at radius 2 is 1.72 bits per heavy atom. The number of sulfonamides is 1. The number of pyridine rings is 1. The van der Waals surface area contributed by atoms with E-state index in [9.17, 15) is 18.3 Å².